The summed E-state index contributed by atoms with van der Waals surface area (Å²) in [6.45, 7) is 3.67. The smallest absolute Gasteiger partial charge is 0.432 e. The largest absolute Gasteiger partial charge is 0.543 e. The van der Waals surface area contributed by atoms with Gasteiger partial charge >= 0.3 is 24.2 Å². The molecule has 2 aromatic rings. The maximum absolute atomic E-state index is 11.8. The minimum absolute atomic E-state index is 0.108. The molecule has 0 amide bonds. The number of ether oxygens (including phenoxy) is 2. The van der Waals surface area contributed by atoms with Gasteiger partial charge in [0.25, 0.3) is 0 Å². The lowest BCUT2D eigenvalue weighted by atomic mass is 10.1. The lowest BCUT2D eigenvalue weighted by Gasteiger charge is -2.06. The monoisotopic (exact) mass is 534 g/mol. The Morgan fingerprint density at radius 2 is 0.895 bits per heavy atom. The fraction of sp³-hybridized carbons (Fsp3) is 0.385. The topological polar surface area (TPSA) is 142 Å². The second-order valence-corrected chi connectivity index (χ2v) is 7.99. The van der Waals surface area contributed by atoms with Gasteiger partial charge in [0.05, 0.1) is 34.4 Å². The Labute approximate surface area is 219 Å². The second-order valence-electron chi connectivity index (χ2n) is 7.99. The van der Waals surface area contributed by atoms with Crippen LogP contribution in [0, 0.1) is 13.8 Å². The standard InChI is InChI=1S/C26H30O12/c1-19-13-7-9-15-21(19)23(27)33-37-35-25(29)31-17-11-5-3-4-6-12-18-32-26(30)36-38-34-24(28)22-16-10-8-14-20(22)2/h7-10,13-16H,3-6,11-12,17-18H2,1-2H3. The molecule has 0 radical (unpaired) electrons. The molecule has 12 heteroatoms. The zero-order valence-electron chi connectivity index (χ0n) is 21.2. The lowest BCUT2D eigenvalue weighted by molar-refractivity contribution is -0.452. The highest BCUT2D eigenvalue weighted by atomic mass is 17.5. The molecule has 0 aliphatic rings. The predicted molar refractivity (Wildman–Crippen MR) is 128 cm³/mol. The van der Waals surface area contributed by atoms with Crippen LogP contribution in [0.5, 0.6) is 0 Å². The zero-order chi connectivity index (χ0) is 27.6. The van der Waals surface area contributed by atoms with Crippen LogP contribution in [0.1, 0.15) is 70.4 Å². The third-order valence-corrected chi connectivity index (χ3v) is 5.13. The van der Waals surface area contributed by atoms with Crippen LogP contribution in [-0.4, -0.2) is 37.5 Å². The van der Waals surface area contributed by atoms with Crippen molar-refractivity contribution < 1.29 is 58.3 Å². The fourth-order valence-corrected chi connectivity index (χ4v) is 3.12. The van der Waals surface area contributed by atoms with Gasteiger partial charge in [-0.25, -0.2) is 29.0 Å². The van der Waals surface area contributed by atoms with Crippen LogP contribution in [0.2, 0.25) is 0 Å². The molecule has 38 heavy (non-hydrogen) atoms. The number of carbonyl (C=O) groups is 4. The van der Waals surface area contributed by atoms with Crippen molar-refractivity contribution in [2.24, 2.45) is 0 Å². The molecule has 0 heterocycles. The van der Waals surface area contributed by atoms with E-state index in [1.165, 1.54) is 0 Å². The maximum Gasteiger partial charge on any atom is 0.543 e. The Morgan fingerprint density at radius 1 is 0.526 bits per heavy atom. The van der Waals surface area contributed by atoms with E-state index in [4.69, 9.17) is 9.47 Å². The van der Waals surface area contributed by atoms with E-state index in [2.05, 4.69) is 29.6 Å². The highest BCUT2D eigenvalue weighted by molar-refractivity contribution is 5.91. The molecule has 0 spiro atoms. The van der Waals surface area contributed by atoms with Crippen molar-refractivity contribution in [2.75, 3.05) is 13.2 Å². The zero-order valence-corrected chi connectivity index (χ0v) is 21.2. The average Bonchev–Trinajstić information content (AvgIpc) is 2.90. The van der Waals surface area contributed by atoms with E-state index in [0.717, 1.165) is 25.7 Å². The number of hydrogen-bond acceptors (Lipinski definition) is 12. The first-order chi connectivity index (χ1) is 18.4. The van der Waals surface area contributed by atoms with Gasteiger partial charge in [0.2, 0.25) is 0 Å². The summed E-state index contributed by atoms with van der Waals surface area (Å²) in [7, 11) is 0. The summed E-state index contributed by atoms with van der Waals surface area (Å²) in [4.78, 5) is 63.7. The summed E-state index contributed by atoms with van der Waals surface area (Å²) in [6, 6.07) is 13.4. The number of unbranched alkanes of at least 4 members (excludes halogenated alkanes) is 5. The van der Waals surface area contributed by atoms with Crippen molar-refractivity contribution in [3.63, 3.8) is 0 Å². The first-order valence-electron chi connectivity index (χ1n) is 11.9. The Balaban J connectivity index is 1.38. The van der Waals surface area contributed by atoms with Crippen LogP contribution in [0.25, 0.3) is 0 Å². The minimum atomic E-state index is -1.12. The molecule has 12 nitrogen and oxygen atoms in total. The Bertz CT molecular complexity index is 969. The molecule has 0 aromatic heterocycles. The first-order valence-corrected chi connectivity index (χ1v) is 11.9. The van der Waals surface area contributed by atoms with Gasteiger partial charge in [0, 0.05) is 0 Å². The SMILES string of the molecule is Cc1ccccc1C(=O)OOOC(=O)OCCCCCCCCOC(=O)OOOC(=O)c1ccccc1C. The molecular formula is C26H30O12. The molecular weight excluding hydrogens is 504 g/mol. The second kappa shape index (κ2) is 17.3. The number of carbonyl (C=O) groups excluding carboxylic acids is 4. The van der Waals surface area contributed by atoms with Crippen LogP contribution in [-0.2, 0) is 39.1 Å². The number of aryl methyl sites for hydroxylation is 2. The van der Waals surface area contributed by atoms with Crippen molar-refractivity contribution in [3.05, 3.63) is 70.8 Å². The molecule has 0 saturated carbocycles. The van der Waals surface area contributed by atoms with Gasteiger partial charge in [0.1, 0.15) is 0 Å². The van der Waals surface area contributed by atoms with Gasteiger partial charge in [-0.05, 0) is 49.9 Å². The highest BCUT2D eigenvalue weighted by Crippen LogP contribution is 2.11. The first kappa shape index (κ1) is 30.1. The maximum atomic E-state index is 11.8. The van der Waals surface area contributed by atoms with Gasteiger partial charge in [-0.2, -0.15) is 0 Å². The van der Waals surface area contributed by atoms with Crippen LogP contribution >= 0.6 is 0 Å². The molecule has 0 aliphatic carbocycles. The van der Waals surface area contributed by atoms with E-state index in [9.17, 15) is 19.2 Å². The van der Waals surface area contributed by atoms with Crippen molar-refractivity contribution in [3.8, 4) is 0 Å². The van der Waals surface area contributed by atoms with E-state index >= 15 is 0 Å². The molecule has 0 saturated heterocycles. The number of benzene rings is 2. The molecule has 0 N–H and O–H groups in total. The minimum Gasteiger partial charge on any atom is -0.432 e. The highest BCUT2D eigenvalue weighted by Gasteiger charge is 2.15. The van der Waals surface area contributed by atoms with Gasteiger partial charge < -0.3 is 9.47 Å². The van der Waals surface area contributed by atoms with Gasteiger partial charge in [-0.15, -0.1) is 0 Å². The number of rotatable bonds is 15. The average molecular weight is 535 g/mol. The van der Waals surface area contributed by atoms with Gasteiger partial charge in [-0.3, -0.25) is 9.78 Å². The van der Waals surface area contributed by atoms with E-state index < -0.39 is 24.2 Å². The number of hydrogen-bond donors (Lipinski definition) is 0. The van der Waals surface area contributed by atoms with Gasteiger partial charge in [0.15, 0.2) is 0 Å². The van der Waals surface area contributed by atoms with Crippen molar-refractivity contribution in [2.45, 2.75) is 52.4 Å². The molecule has 2 aromatic carbocycles. The van der Waals surface area contributed by atoms with Crippen molar-refractivity contribution in [1.29, 1.82) is 0 Å². The molecule has 0 atom stereocenters. The van der Waals surface area contributed by atoms with E-state index in [1.807, 2.05) is 0 Å². The molecule has 2 rings (SSSR count). The predicted octanol–water partition coefficient (Wildman–Crippen LogP) is 5.66. The lowest BCUT2D eigenvalue weighted by Crippen LogP contribution is -2.13. The quantitative estimate of drug-likeness (QED) is 0.120. The Hall–Kier alpha value is -4.16. The molecule has 0 fully saturated rings. The molecule has 0 bridgehead atoms. The van der Waals surface area contributed by atoms with E-state index in [0.29, 0.717) is 24.0 Å². The van der Waals surface area contributed by atoms with Gasteiger partial charge in [-0.1, -0.05) is 62.1 Å². The summed E-state index contributed by atoms with van der Waals surface area (Å²) >= 11 is 0. The molecule has 206 valence electrons. The molecule has 0 unspecified atom stereocenters. The summed E-state index contributed by atoms with van der Waals surface area (Å²) in [5.41, 5.74) is 1.92. The van der Waals surface area contributed by atoms with Crippen LogP contribution in [0.3, 0.4) is 0 Å². The summed E-state index contributed by atoms with van der Waals surface area (Å²) in [5.74, 6) is -1.60. The Kier molecular flexibility index (Phi) is 13.7. The van der Waals surface area contributed by atoms with Crippen LogP contribution in [0.15, 0.2) is 48.5 Å². The third kappa shape index (κ3) is 11.7. The van der Waals surface area contributed by atoms with E-state index in [-0.39, 0.29) is 24.3 Å². The van der Waals surface area contributed by atoms with Crippen molar-refractivity contribution >= 4 is 24.2 Å². The van der Waals surface area contributed by atoms with Crippen LogP contribution < -0.4 is 0 Å². The normalized spacial score (nSPS) is 10.3. The third-order valence-electron chi connectivity index (χ3n) is 5.13. The molecule has 0 aliphatic heterocycles. The summed E-state index contributed by atoms with van der Waals surface area (Å²) in [6.07, 6.45) is 2.26. The summed E-state index contributed by atoms with van der Waals surface area (Å²) < 4.78 is 9.62. The van der Waals surface area contributed by atoms with Crippen molar-refractivity contribution in [1.82, 2.24) is 0 Å². The summed E-state index contributed by atoms with van der Waals surface area (Å²) in [5, 5.41) is 8.35. The Morgan fingerprint density at radius 3 is 1.29 bits per heavy atom. The fourth-order valence-electron chi connectivity index (χ4n) is 3.12. The van der Waals surface area contributed by atoms with Crippen LogP contribution in [0.4, 0.5) is 9.59 Å². The van der Waals surface area contributed by atoms with E-state index in [1.54, 1.807) is 62.4 Å².